The Morgan fingerprint density at radius 2 is 2.14 bits per heavy atom. The summed E-state index contributed by atoms with van der Waals surface area (Å²) >= 11 is 6.17. The highest BCUT2D eigenvalue weighted by Gasteiger charge is 2.29. The van der Waals surface area contributed by atoms with E-state index >= 15 is 0 Å². The average Bonchev–Trinajstić information content (AvgIpc) is 2.99. The standard InChI is InChI=1S/C15H24ClN5/c1-5-20-15-14(11(3)18-20)17-13(9-16)21(15)12-6-7-19(4)10(2)8-12/h10,12H,5-9H2,1-4H3. The summed E-state index contributed by atoms with van der Waals surface area (Å²) in [6, 6.07) is 1.06. The number of hydrogen-bond acceptors (Lipinski definition) is 3. The molecule has 1 aliphatic heterocycles. The minimum Gasteiger partial charge on any atom is -0.309 e. The Morgan fingerprint density at radius 3 is 2.76 bits per heavy atom. The smallest absolute Gasteiger partial charge is 0.159 e. The predicted octanol–water partition coefficient (Wildman–Crippen LogP) is 2.96. The quantitative estimate of drug-likeness (QED) is 0.818. The van der Waals surface area contributed by atoms with E-state index < -0.39 is 0 Å². The third-order valence-corrected chi connectivity index (χ3v) is 5.02. The topological polar surface area (TPSA) is 38.9 Å². The van der Waals surface area contributed by atoms with Crippen LogP contribution in [0.2, 0.25) is 0 Å². The van der Waals surface area contributed by atoms with Crippen LogP contribution in [-0.2, 0) is 12.4 Å². The number of nitrogens with zero attached hydrogens (tertiary/aromatic N) is 5. The molecule has 0 bridgehead atoms. The van der Waals surface area contributed by atoms with E-state index in [1.807, 2.05) is 6.92 Å². The zero-order chi connectivity index (χ0) is 15.1. The molecule has 0 radical (unpaired) electrons. The molecular weight excluding hydrogens is 286 g/mol. The van der Waals surface area contributed by atoms with E-state index in [1.165, 1.54) is 0 Å². The number of imidazole rings is 1. The Bertz CT molecular complexity index is 644. The molecule has 5 nitrogen and oxygen atoms in total. The second-order valence-corrected chi connectivity index (χ2v) is 6.38. The molecule has 2 unspecified atom stereocenters. The number of piperidine rings is 1. The molecule has 2 atom stereocenters. The van der Waals surface area contributed by atoms with Crippen molar-refractivity contribution in [3.8, 4) is 0 Å². The van der Waals surface area contributed by atoms with Gasteiger partial charge in [0, 0.05) is 25.2 Å². The fourth-order valence-corrected chi connectivity index (χ4v) is 3.62. The lowest BCUT2D eigenvalue weighted by Crippen LogP contribution is -2.38. The number of halogens is 1. The second kappa shape index (κ2) is 5.61. The van der Waals surface area contributed by atoms with E-state index in [4.69, 9.17) is 16.6 Å². The van der Waals surface area contributed by atoms with Crippen LogP contribution in [0.4, 0.5) is 0 Å². The van der Waals surface area contributed by atoms with Crippen LogP contribution in [0.25, 0.3) is 11.2 Å². The maximum Gasteiger partial charge on any atom is 0.159 e. The van der Waals surface area contributed by atoms with Crippen molar-refractivity contribution in [3.63, 3.8) is 0 Å². The average molecular weight is 310 g/mol. The first kappa shape index (κ1) is 14.9. The van der Waals surface area contributed by atoms with Crippen molar-refractivity contribution in [2.75, 3.05) is 13.6 Å². The maximum absolute atomic E-state index is 6.17. The van der Waals surface area contributed by atoms with E-state index in [0.717, 1.165) is 48.6 Å². The van der Waals surface area contributed by atoms with Gasteiger partial charge in [-0.2, -0.15) is 5.10 Å². The fraction of sp³-hybridized carbons (Fsp3) is 0.733. The summed E-state index contributed by atoms with van der Waals surface area (Å²) in [7, 11) is 2.20. The van der Waals surface area contributed by atoms with Crippen molar-refractivity contribution in [1.29, 1.82) is 0 Å². The molecule has 21 heavy (non-hydrogen) atoms. The van der Waals surface area contributed by atoms with Crippen molar-refractivity contribution >= 4 is 22.8 Å². The number of fused-ring (bicyclic) bond motifs is 1. The van der Waals surface area contributed by atoms with Crippen molar-refractivity contribution in [2.24, 2.45) is 0 Å². The molecule has 1 aliphatic rings. The molecule has 0 saturated carbocycles. The van der Waals surface area contributed by atoms with Crippen LogP contribution in [0.3, 0.4) is 0 Å². The summed E-state index contributed by atoms with van der Waals surface area (Å²) in [5.74, 6) is 1.44. The molecular formula is C15H24ClN5. The number of rotatable bonds is 3. The molecule has 2 aromatic rings. The largest absolute Gasteiger partial charge is 0.309 e. The second-order valence-electron chi connectivity index (χ2n) is 6.11. The molecule has 3 heterocycles. The lowest BCUT2D eigenvalue weighted by molar-refractivity contribution is 0.157. The number of hydrogen-bond donors (Lipinski definition) is 0. The molecule has 0 amide bonds. The monoisotopic (exact) mass is 309 g/mol. The van der Waals surface area contributed by atoms with Gasteiger partial charge in [-0.3, -0.25) is 0 Å². The fourth-order valence-electron chi connectivity index (χ4n) is 3.43. The van der Waals surface area contributed by atoms with Gasteiger partial charge in [0.15, 0.2) is 5.65 Å². The van der Waals surface area contributed by atoms with E-state index in [0.29, 0.717) is 18.0 Å². The van der Waals surface area contributed by atoms with Crippen molar-refractivity contribution in [2.45, 2.75) is 58.1 Å². The Balaban J connectivity index is 2.11. The van der Waals surface area contributed by atoms with Gasteiger partial charge in [0.05, 0.1) is 11.6 Å². The molecule has 0 aliphatic carbocycles. The van der Waals surface area contributed by atoms with Crippen LogP contribution in [0.5, 0.6) is 0 Å². The third-order valence-electron chi connectivity index (χ3n) is 4.78. The van der Waals surface area contributed by atoms with Crippen molar-refractivity contribution < 1.29 is 0 Å². The highest BCUT2D eigenvalue weighted by atomic mass is 35.5. The zero-order valence-corrected chi connectivity index (χ0v) is 14.1. The molecule has 1 fully saturated rings. The summed E-state index contributed by atoms with van der Waals surface area (Å²) in [5.41, 5.74) is 3.16. The summed E-state index contributed by atoms with van der Waals surface area (Å²) in [6.07, 6.45) is 2.28. The van der Waals surface area contributed by atoms with E-state index in [9.17, 15) is 0 Å². The van der Waals surface area contributed by atoms with Crippen LogP contribution < -0.4 is 0 Å². The van der Waals surface area contributed by atoms with E-state index in [2.05, 4.69) is 40.1 Å². The lowest BCUT2D eigenvalue weighted by atomic mass is 9.98. The van der Waals surface area contributed by atoms with Gasteiger partial charge < -0.3 is 9.47 Å². The number of likely N-dealkylation sites (tertiary alicyclic amines) is 1. The molecule has 1 saturated heterocycles. The highest BCUT2D eigenvalue weighted by Crippen LogP contribution is 2.32. The van der Waals surface area contributed by atoms with Gasteiger partial charge in [0.25, 0.3) is 0 Å². The Labute approximate surface area is 130 Å². The third kappa shape index (κ3) is 2.36. The minimum absolute atomic E-state index is 0.457. The molecule has 116 valence electrons. The van der Waals surface area contributed by atoms with Crippen LogP contribution in [0.1, 0.15) is 44.2 Å². The van der Waals surface area contributed by atoms with Crippen LogP contribution in [0, 0.1) is 6.92 Å². The molecule has 0 aromatic carbocycles. The van der Waals surface area contributed by atoms with Crippen LogP contribution in [0.15, 0.2) is 0 Å². The van der Waals surface area contributed by atoms with Crippen molar-refractivity contribution in [1.82, 2.24) is 24.2 Å². The van der Waals surface area contributed by atoms with Gasteiger partial charge in [-0.1, -0.05) is 0 Å². The first-order valence-electron chi connectivity index (χ1n) is 7.77. The Kier molecular flexibility index (Phi) is 3.97. The lowest BCUT2D eigenvalue weighted by Gasteiger charge is -2.36. The van der Waals surface area contributed by atoms with Gasteiger partial charge in [0.1, 0.15) is 11.3 Å². The van der Waals surface area contributed by atoms with Gasteiger partial charge in [-0.15, -0.1) is 11.6 Å². The molecule has 6 heteroatoms. The maximum atomic E-state index is 6.17. The summed E-state index contributed by atoms with van der Waals surface area (Å²) in [6.45, 7) is 8.43. The first-order chi connectivity index (χ1) is 10.1. The molecule has 2 aromatic heterocycles. The molecule has 0 spiro atoms. The zero-order valence-electron chi connectivity index (χ0n) is 13.3. The van der Waals surface area contributed by atoms with Gasteiger partial charge in [0.2, 0.25) is 0 Å². The minimum atomic E-state index is 0.457. The van der Waals surface area contributed by atoms with Crippen molar-refractivity contribution in [3.05, 3.63) is 11.5 Å². The SMILES string of the molecule is CCn1nc(C)c2nc(CCl)n(C3CCN(C)C(C)C3)c21. The number of alkyl halides is 1. The predicted molar refractivity (Wildman–Crippen MR) is 85.8 cm³/mol. The van der Waals surface area contributed by atoms with Crippen LogP contribution >= 0.6 is 11.6 Å². The summed E-state index contributed by atoms with van der Waals surface area (Å²) in [5, 5.41) is 4.61. The van der Waals surface area contributed by atoms with E-state index in [-0.39, 0.29) is 0 Å². The Morgan fingerprint density at radius 1 is 1.38 bits per heavy atom. The Hall–Kier alpha value is -1.07. The van der Waals surface area contributed by atoms with Gasteiger partial charge in [-0.05, 0) is 40.7 Å². The number of aryl methyl sites for hydroxylation is 2. The summed E-state index contributed by atoms with van der Waals surface area (Å²) in [4.78, 5) is 7.18. The first-order valence-corrected chi connectivity index (χ1v) is 8.30. The summed E-state index contributed by atoms with van der Waals surface area (Å²) < 4.78 is 4.42. The molecule has 3 rings (SSSR count). The van der Waals surface area contributed by atoms with Gasteiger partial charge >= 0.3 is 0 Å². The number of aromatic nitrogens is 4. The van der Waals surface area contributed by atoms with E-state index in [1.54, 1.807) is 0 Å². The normalized spacial score (nSPS) is 24.0. The van der Waals surface area contributed by atoms with Gasteiger partial charge in [-0.25, -0.2) is 9.67 Å². The highest BCUT2D eigenvalue weighted by molar-refractivity contribution is 6.16. The van der Waals surface area contributed by atoms with Crippen LogP contribution in [-0.4, -0.2) is 43.9 Å². The molecule has 0 N–H and O–H groups in total.